The van der Waals surface area contributed by atoms with Gasteiger partial charge in [-0.3, -0.25) is 4.79 Å². The molecule has 1 heterocycles. The van der Waals surface area contributed by atoms with Crippen molar-refractivity contribution in [3.8, 4) is 17.1 Å². The molecule has 124 valence electrons. The van der Waals surface area contributed by atoms with E-state index in [0.29, 0.717) is 12.2 Å². The number of ether oxygens (including phenoxy) is 1. The Bertz CT molecular complexity index is 822. The van der Waals surface area contributed by atoms with E-state index >= 15 is 0 Å². The molecule has 0 amide bonds. The van der Waals surface area contributed by atoms with Crippen LogP contribution in [0.15, 0.2) is 42.5 Å². The summed E-state index contributed by atoms with van der Waals surface area (Å²) in [6, 6.07) is 13.2. The van der Waals surface area contributed by atoms with E-state index in [9.17, 15) is 4.79 Å². The van der Waals surface area contributed by atoms with Crippen molar-refractivity contribution < 1.29 is 9.53 Å². The van der Waals surface area contributed by atoms with Crippen molar-refractivity contribution in [2.24, 2.45) is 0 Å². The fourth-order valence-corrected chi connectivity index (χ4v) is 2.51. The molecule has 0 atom stereocenters. The standard InChI is InChI=1S/C19H21N3O2/c1-22(2)10-3-11-24-16-8-9-17-18(12-16)21-19(20-17)15-6-4-14(13-23)5-7-15/h4-9,12-13H,3,10-11H2,1-2H3,(H,20,21). The van der Waals surface area contributed by atoms with E-state index in [4.69, 9.17) is 4.74 Å². The Balaban J connectivity index is 1.74. The maximum absolute atomic E-state index is 10.7. The molecule has 0 aliphatic heterocycles. The van der Waals surface area contributed by atoms with Crippen molar-refractivity contribution in [1.29, 1.82) is 0 Å². The number of aromatic nitrogens is 2. The van der Waals surface area contributed by atoms with Crippen LogP contribution in [0.3, 0.4) is 0 Å². The maximum Gasteiger partial charge on any atom is 0.150 e. The van der Waals surface area contributed by atoms with Gasteiger partial charge in [0.1, 0.15) is 17.9 Å². The average Bonchev–Trinajstić information content (AvgIpc) is 3.02. The first-order valence-electron chi connectivity index (χ1n) is 7.98. The highest BCUT2D eigenvalue weighted by Gasteiger charge is 2.07. The fraction of sp³-hybridized carbons (Fsp3) is 0.263. The van der Waals surface area contributed by atoms with Crippen LogP contribution < -0.4 is 4.74 Å². The van der Waals surface area contributed by atoms with Crippen molar-refractivity contribution in [3.05, 3.63) is 48.0 Å². The van der Waals surface area contributed by atoms with E-state index in [2.05, 4.69) is 29.0 Å². The molecular weight excluding hydrogens is 302 g/mol. The van der Waals surface area contributed by atoms with Crippen LogP contribution in [0.1, 0.15) is 16.8 Å². The minimum absolute atomic E-state index is 0.656. The predicted molar refractivity (Wildman–Crippen MR) is 95.6 cm³/mol. The molecule has 1 aromatic heterocycles. The highest BCUT2D eigenvalue weighted by Crippen LogP contribution is 2.24. The second-order valence-electron chi connectivity index (χ2n) is 6.01. The van der Waals surface area contributed by atoms with Crippen LogP contribution in [-0.4, -0.2) is 48.4 Å². The molecule has 0 radical (unpaired) electrons. The number of fused-ring (bicyclic) bond motifs is 1. The second-order valence-corrected chi connectivity index (χ2v) is 6.01. The lowest BCUT2D eigenvalue weighted by molar-refractivity contribution is 0.112. The zero-order chi connectivity index (χ0) is 16.9. The summed E-state index contributed by atoms with van der Waals surface area (Å²) in [6.45, 7) is 1.70. The van der Waals surface area contributed by atoms with Crippen LogP contribution in [-0.2, 0) is 0 Å². The Morgan fingerprint density at radius 1 is 1.17 bits per heavy atom. The van der Waals surface area contributed by atoms with E-state index in [0.717, 1.165) is 47.4 Å². The van der Waals surface area contributed by atoms with E-state index in [1.54, 1.807) is 12.1 Å². The Labute approximate surface area is 141 Å². The third-order valence-electron chi connectivity index (χ3n) is 3.79. The highest BCUT2D eigenvalue weighted by atomic mass is 16.5. The lowest BCUT2D eigenvalue weighted by atomic mass is 10.1. The summed E-state index contributed by atoms with van der Waals surface area (Å²) >= 11 is 0. The smallest absolute Gasteiger partial charge is 0.150 e. The zero-order valence-corrected chi connectivity index (χ0v) is 14.0. The number of aldehydes is 1. The van der Waals surface area contributed by atoms with Crippen LogP contribution >= 0.6 is 0 Å². The molecule has 5 nitrogen and oxygen atoms in total. The number of rotatable bonds is 7. The van der Waals surface area contributed by atoms with E-state index in [1.165, 1.54) is 0 Å². The summed E-state index contributed by atoms with van der Waals surface area (Å²) in [5.74, 6) is 1.62. The Kier molecular flexibility index (Phi) is 4.91. The Morgan fingerprint density at radius 3 is 2.67 bits per heavy atom. The number of aromatic amines is 1. The lowest BCUT2D eigenvalue weighted by Gasteiger charge is -2.10. The Hall–Kier alpha value is -2.66. The van der Waals surface area contributed by atoms with Gasteiger partial charge in [-0.05, 0) is 32.6 Å². The maximum atomic E-state index is 10.7. The molecule has 0 saturated carbocycles. The number of carbonyl (C=O) groups is 1. The number of benzene rings is 2. The van der Waals surface area contributed by atoms with Crippen LogP contribution in [0.25, 0.3) is 22.4 Å². The molecule has 0 aliphatic rings. The molecule has 0 spiro atoms. The van der Waals surface area contributed by atoms with Gasteiger partial charge < -0.3 is 14.6 Å². The third kappa shape index (κ3) is 3.81. The molecule has 0 unspecified atom stereocenters. The number of H-pyrrole nitrogens is 1. The molecule has 0 saturated heterocycles. The number of hydrogen-bond acceptors (Lipinski definition) is 4. The monoisotopic (exact) mass is 323 g/mol. The summed E-state index contributed by atoms with van der Waals surface area (Å²) in [4.78, 5) is 20.8. The van der Waals surface area contributed by atoms with Gasteiger partial charge in [-0.1, -0.05) is 24.3 Å². The molecule has 2 aromatic carbocycles. The van der Waals surface area contributed by atoms with Gasteiger partial charge >= 0.3 is 0 Å². The molecule has 1 N–H and O–H groups in total. The first-order chi connectivity index (χ1) is 11.7. The largest absolute Gasteiger partial charge is 0.493 e. The molecule has 24 heavy (non-hydrogen) atoms. The van der Waals surface area contributed by atoms with Crippen molar-refractivity contribution in [3.63, 3.8) is 0 Å². The van der Waals surface area contributed by atoms with Crippen LogP contribution in [0, 0.1) is 0 Å². The molecule has 3 rings (SSSR count). The average molecular weight is 323 g/mol. The number of nitrogens with one attached hydrogen (secondary N) is 1. The van der Waals surface area contributed by atoms with Gasteiger partial charge in [0.2, 0.25) is 0 Å². The number of carbonyl (C=O) groups excluding carboxylic acids is 1. The van der Waals surface area contributed by atoms with E-state index in [1.807, 2.05) is 30.3 Å². The molecule has 0 aliphatic carbocycles. The molecular formula is C19H21N3O2. The number of hydrogen-bond donors (Lipinski definition) is 1. The van der Waals surface area contributed by atoms with E-state index < -0.39 is 0 Å². The summed E-state index contributed by atoms with van der Waals surface area (Å²) < 4.78 is 5.80. The van der Waals surface area contributed by atoms with Crippen LogP contribution in [0.2, 0.25) is 0 Å². The van der Waals surface area contributed by atoms with Crippen molar-refractivity contribution >= 4 is 17.3 Å². The van der Waals surface area contributed by atoms with Gasteiger partial charge in [0, 0.05) is 23.7 Å². The van der Waals surface area contributed by atoms with Crippen molar-refractivity contribution in [2.45, 2.75) is 6.42 Å². The first-order valence-corrected chi connectivity index (χ1v) is 7.98. The summed E-state index contributed by atoms with van der Waals surface area (Å²) in [5, 5.41) is 0. The summed E-state index contributed by atoms with van der Waals surface area (Å²) in [7, 11) is 4.11. The molecule has 0 bridgehead atoms. The lowest BCUT2D eigenvalue weighted by Crippen LogP contribution is -2.15. The SMILES string of the molecule is CN(C)CCCOc1ccc2nc(-c3ccc(C=O)cc3)[nH]c2c1. The quantitative estimate of drug-likeness (QED) is 0.535. The number of nitrogens with zero attached hydrogens (tertiary/aromatic N) is 2. The minimum atomic E-state index is 0.656. The normalized spacial score (nSPS) is 11.1. The number of imidazole rings is 1. The van der Waals surface area contributed by atoms with Gasteiger partial charge in [0.25, 0.3) is 0 Å². The van der Waals surface area contributed by atoms with Gasteiger partial charge in [-0.15, -0.1) is 0 Å². The second kappa shape index (κ2) is 7.27. The van der Waals surface area contributed by atoms with Crippen LogP contribution in [0.4, 0.5) is 0 Å². The van der Waals surface area contributed by atoms with Gasteiger partial charge in [0.05, 0.1) is 17.6 Å². The van der Waals surface area contributed by atoms with Crippen LogP contribution in [0.5, 0.6) is 5.75 Å². The highest BCUT2D eigenvalue weighted by molar-refractivity contribution is 5.81. The zero-order valence-electron chi connectivity index (χ0n) is 14.0. The predicted octanol–water partition coefficient (Wildman–Crippen LogP) is 3.37. The molecule has 0 fully saturated rings. The Morgan fingerprint density at radius 2 is 1.96 bits per heavy atom. The van der Waals surface area contributed by atoms with Gasteiger partial charge in [0.15, 0.2) is 0 Å². The van der Waals surface area contributed by atoms with E-state index in [-0.39, 0.29) is 0 Å². The van der Waals surface area contributed by atoms with Crippen molar-refractivity contribution in [2.75, 3.05) is 27.2 Å². The fourth-order valence-electron chi connectivity index (χ4n) is 2.51. The topological polar surface area (TPSA) is 58.2 Å². The minimum Gasteiger partial charge on any atom is -0.493 e. The summed E-state index contributed by atoms with van der Waals surface area (Å²) in [5.41, 5.74) is 3.44. The molecule has 3 aromatic rings. The van der Waals surface area contributed by atoms with Gasteiger partial charge in [-0.2, -0.15) is 0 Å². The van der Waals surface area contributed by atoms with Crippen molar-refractivity contribution in [1.82, 2.24) is 14.9 Å². The first kappa shape index (κ1) is 16.2. The summed E-state index contributed by atoms with van der Waals surface area (Å²) in [6.07, 6.45) is 1.82. The third-order valence-corrected chi connectivity index (χ3v) is 3.79. The molecule has 5 heteroatoms. The van der Waals surface area contributed by atoms with Gasteiger partial charge in [-0.25, -0.2) is 4.98 Å².